The van der Waals surface area contributed by atoms with E-state index < -0.39 is 0 Å². The zero-order chi connectivity index (χ0) is 25.4. The molecule has 0 amide bonds. The van der Waals surface area contributed by atoms with Crippen LogP contribution in [0.1, 0.15) is 11.1 Å². The molecule has 2 aromatic heterocycles. The number of fused-ring (bicyclic) bond motifs is 10. The van der Waals surface area contributed by atoms with Gasteiger partial charge < -0.3 is 9.47 Å². The smallest absolute Gasteiger partial charge is 0.126 e. The molecular weight excluding hydrogens is 505 g/mol. The van der Waals surface area contributed by atoms with Gasteiger partial charge >= 0.3 is 0 Å². The second-order valence-corrected chi connectivity index (χ2v) is 12.7. The summed E-state index contributed by atoms with van der Waals surface area (Å²) in [4.78, 5) is 2.77. The maximum Gasteiger partial charge on any atom is 0.126 e. The Labute approximate surface area is 227 Å². The SMILES string of the molecule is COc1ccc2c3c(cc(C)cc13)-c1c-2sc2cc3c4c(sc3cc12)-c1ccc(OC)c2cc(C)cc-4c12. The molecule has 0 saturated heterocycles. The highest BCUT2D eigenvalue weighted by Crippen LogP contribution is 2.60. The third-order valence-electron chi connectivity index (χ3n) is 8.40. The molecule has 2 nitrogen and oxygen atoms in total. The summed E-state index contributed by atoms with van der Waals surface area (Å²) in [5, 5.41) is 7.81. The predicted octanol–water partition coefficient (Wildman–Crippen LogP) is 10.4. The summed E-state index contributed by atoms with van der Waals surface area (Å²) < 4.78 is 14.2. The van der Waals surface area contributed by atoms with Crippen LogP contribution < -0.4 is 9.47 Å². The molecule has 0 atom stereocenters. The van der Waals surface area contributed by atoms with Crippen LogP contribution >= 0.6 is 22.7 Å². The van der Waals surface area contributed by atoms with Crippen molar-refractivity contribution in [3.63, 3.8) is 0 Å². The number of hydrogen-bond acceptors (Lipinski definition) is 4. The van der Waals surface area contributed by atoms with Gasteiger partial charge in [0.2, 0.25) is 0 Å². The van der Waals surface area contributed by atoms with Gasteiger partial charge in [-0.2, -0.15) is 0 Å². The molecule has 0 fully saturated rings. The molecular formula is C34H22O2S2. The molecule has 2 aliphatic rings. The van der Waals surface area contributed by atoms with Crippen molar-refractivity contribution in [1.29, 1.82) is 0 Å². The first kappa shape index (κ1) is 21.1. The summed E-state index contributed by atoms with van der Waals surface area (Å²) in [7, 11) is 3.53. The van der Waals surface area contributed by atoms with Gasteiger partial charge in [-0.05, 0) is 84.6 Å². The normalized spacial score (nSPS) is 12.7. The summed E-state index contributed by atoms with van der Waals surface area (Å²) >= 11 is 3.86. The molecule has 0 saturated carbocycles. The molecule has 0 N–H and O–H groups in total. The number of methoxy groups -OCH3 is 2. The second-order valence-electron chi connectivity index (χ2n) is 10.6. The molecule has 0 aliphatic heterocycles. The maximum absolute atomic E-state index is 5.75. The average Bonchev–Trinajstić information content (AvgIpc) is 3.62. The van der Waals surface area contributed by atoms with Crippen molar-refractivity contribution < 1.29 is 9.47 Å². The van der Waals surface area contributed by atoms with E-state index >= 15 is 0 Å². The first-order valence-corrected chi connectivity index (χ1v) is 14.5. The third kappa shape index (κ3) is 2.39. The Morgan fingerprint density at radius 2 is 0.947 bits per heavy atom. The lowest BCUT2D eigenvalue weighted by Gasteiger charge is -2.10. The van der Waals surface area contributed by atoms with Crippen LogP contribution in [0.4, 0.5) is 0 Å². The lowest BCUT2D eigenvalue weighted by molar-refractivity contribution is 0.420. The van der Waals surface area contributed by atoms with Crippen LogP contribution in [0, 0.1) is 13.8 Å². The zero-order valence-corrected chi connectivity index (χ0v) is 23.0. The van der Waals surface area contributed by atoms with Crippen LogP contribution in [0.5, 0.6) is 11.5 Å². The fourth-order valence-electron chi connectivity index (χ4n) is 6.94. The van der Waals surface area contributed by atoms with E-state index in [-0.39, 0.29) is 0 Å². The molecule has 9 rings (SSSR count). The number of aryl methyl sites for hydroxylation is 2. The Kier molecular flexibility index (Phi) is 3.87. The van der Waals surface area contributed by atoms with Crippen LogP contribution in [0.25, 0.3) is 84.9 Å². The van der Waals surface area contributed by atoms with Crippen LogP contribution in [-0.4, -0.2) is 14.2 Å². The Morgan fingerprint density at radius 3 is 1.37 bits per heavy atom. The number of benzene rings is 5. The molecule has 7 aromatic rings. The van der Waals surface area contributed by atoms with Crippen LogP contribution in [0.3, 0.4) is 0 Å². The topological polar surface area (TPSA) is 18.5 Å². The molecule has 2 aliphatic carbocycles. The molecule has 182 valence electrons. The number of rotatable bonds is 2. The van der Waals surface area contributed by atoms with Gasteiger partial charge in [0, 0.05) is 73.7 Å². The van der Waals surface area contributed by atoms with E-state index in [1.807, 2.05) is 22.7 Å². The first-order valence-electron chi connectivity index (χ1n) is 12.8. The van der Waals surface area contributed by atoms with Gasteiger partial charge in [0.1, 0.15) is 11.5 Å². The quantitative estimate of drug-likeness (QED) is 0.223. The van der Waals surface area contributed by atoms with Crippen molar-refractivity contribution >= 4 is 64.4 Å². The number of hydrogen-bond donors (Lipinski definition) is 0. The molecule has 0 unspecified atom stereocenters. The maximum atomic E-state index is 5.75. The van der Waals surface area contributed by atoms with Crippen LogP contribution in [0.15, 0.2) is 60.7 Å². The summed E-state index contributed by atoms with van der Waals surface area (Å²) in [5.41, 5.74) is 10.7. The minimum absolute atomic E-state index is 0.949. The van der Waals surface area contributed by atoms with Crippen molar-refractivity contribution in [2.45, 2.75) is 13.8 Å². The molecule has 0 bridgehead atoms. The number of ether oxygens (including phenoxy) is 2. The second kappa shape index (κ2) is 6.96. The Bertz CT molecular complexity index is 2070. The minimum Gasteiger partial charge on any atom is -0.496 e. The summed E-state index contributed by atoms with van der Waals surface area (Å²) in [6, 6.07) is 22.9. The first-order chi connectivity index (χ1) is 18.6. The van der Waals surface area contributed by atoms with Crippen molar-refractivity contribution in [3.05, 3.63) is 71.8 Å². The van der Waals surface area contributed by atoms with E-state index in [1.54, 1.807) is 14.2 Å². The van der Waals surface area contributed by atoms with Crippen LogP contribution in [-0.2, 0) is 0 Å². The largest absolute Gasteiger partial charge is 0.496 e. The molecule has 5 aromatic carbocycles. The average molecular weight is 527 g/mol. The highest BCUT2D eigenvalue weighted by atomic mass is 32.1. The van der Waals surface area contributed by atoms with E-state index in [9.17, 15) is 0 Å². The molecule has 0 spiro atoms. The molecule has 2 heterocycles. The van der Waals surface area contributed by atoms with Gasteiger partial charge in [0.05, 0.1) is 14.2 Å². The Balaban J connectivity index is 1.35. The van der Waals surface area contributed by atoms with Crippen molar-refractivity contribution in [3.8, 4) is 54.6 Å². The predicted molar refractivity (Wildman–Crippen MR) is 164 cm³/mol. The Hall–Kier alpha value is -3.86. The Morgan fingerprint density at radius 1 is 0.500 bits per heavy atom. The van der Waals surface area contributed by atoms with Gasteiger partial charge in [-0.1, -0.05) is 12.1 Å². The summed E-state index contributed by atoms with van der Waals surface area (Å²) in [6.45, 7) is 4.37. The fraction of sp³-hybridized carbons (Fsp3) is 0.118. The van der Waals surface area contributed by atoms with E-state index in [4.69, 9.17) is 9.47 Å². The fourth-order valence-corrected chi connectivity index (χ4v) is 9.47. The van der Waals surface area contributed by atoms with Gasteiger partial charge in [-0.3, -0.25) is 0 Å². The van der Waals surface area contributed by atoms with Gasteiger partial charge in [-0.25, -0.2) is 0 Å². The third-order valence-corrected chi connectivity index (χ3v) is 10.8. The summed E-state index contributed by atoms with van der Waals surface area (Å²) in [6.07, 6.45) is 0. The van der Waals surface area contributed by atoms with Crippen molar-refractivity contribution in [2.24, 2.45) is 0 Å². The van der Waals surface area contributed by atoms with Crippen LogP contribution in [0.2, 0.25) is 0 Å². The van der Waals surface area contributed by atoms with Gasteiger partial charge in [0.25, 0.3) is 0 Å². The minimum atomic E-state index is 0.949. The number of thiophene rings is 2. The zero-order valence-electron chi connectivity index (χ0n) is 21.4. The van der Waals surface area contributed by atoms with Gasteiger partial charge in [-0.15, -0.1) is 22.7 Å². The van der Waals surface area contributed by atoms with Gasteiger partial charge in [0.15, 0.2) is 0 Å². The van der Waals surface area contributed by atoms with E-state index in [1.165, 1.54) is 96.0 Å². The van der Waals surface area contributed by atoms with Crippen molar-refractivity contribution in [1.82, 2.24) is 0 Å². The van der Waals surface area contributed by atoms with E-state index in [2.05, 4.69) is 74.5 Å². The molecule has 0 radical (unpaired) electrons. The van der Waals surface area contributed by atoms with Crippen molar-refractivity contribution in [2.75, 3.05) is 14.2 Å². The lowest BCUT2D eigenvalue weighted by atomic mass is 9.97. The molecule has 38 heavy (non-hydrogen) atoms. The highest BCUT2D eigenvalue weighted by molar-refractivity contribution is 7.25. The standard InChI is InChI=1S/C34H22O2S2/c1-15-9-19-25(35-3)7-5-17-29(19)23(11-15)31-21-13-28-22(14-27(21)37-33(17)31)32-24-12-16(2)10-20-26(36-4)8-6-18(30(20)24)34(32)38-28/h5-14H,1-4H3. The van der Waals surface area contributed by atoms with E-state index in [0.29, 0.717) is 0 Å². The monoisotopic (exact) mass is 526 g/mol. The highest BCUT2D eigenvalue weighted by Gasteiger charge is 2.31. The van der Waals surface area contributed by atoms with E-state index in [0.717, 1.165) is 11.5 Å². The summed E-state index contributed by atoms with van der Waals surface area (Å²) in [5.74, 6) is 1.90. The lowest BCUT2D eigenvalue weighted by Crippen LogP contribution is -1.87. The molecule has 4 heteroatoms.